The molecule has 1 aliphatic rings. The second-order valence-corrected chi connectivity index (χ2v) is 3.07. The van der Waals surface area contributed by atoms with Crippen molar-refractivity contribution >= 4 is 11.5 Å². The summed E-state index contributed by atoms with van der Waals surface area (Å²) in [6, 6.07) is 1.48. The molecular weight excluding hydrogens is 186 g/mol. The summed E-state index contributed by atoms with van der Waals surface area (Å²) in [6.45, 7) is 2.63. The van der Waals surface area contributed by atoms with Crippen molar-refractivity contribution < 1.29 is 9.66 Å². The van der Waals surface area contributed by atoms with Gasteiger partial charge >= 0.3 is 5.69 Å². The van der Waals surface area contributed by atoms with Crippen LogP contribution in [0, 0.1) is 10.1 Å². The maximum Gasteiger partial charge on any atom is 0.310 e. The van der Waals surface area contributed by atoms with Crippen LogP contribution < -0.4 is 4.90 Å². The third kappa shape index (κ3) is 1.56. The Morgan fingerprint density at radius 1 is 1.50 bits per heavy atom. The molecule has 6 heteroatoms. The van der Waals surface area contributed by atoms with Crippen molar-refractivity contribution in [3.05, 3.63) is 22.4 Å². The quantitative estimate of drug-likeness (QED) is 0.561. The van der Waals surface area contributed by atoms with Crippen molar-refractivity contribution in [2.24, 2.45) is 0 Å². The molecule has 0 aliphatic carbocycles. The SMILES string of the molecule is O=[N+]([O-])c1cc[nH]c1N1CCOCC1. The number of morpholine rings is 1. The zero-order valence-electron chi connectivity index (χ0n) is 7.60. The molecule has 0 amide bonds. The molecule has 2 heterocycles. The lowest BCUT2D eigenvalue weighted by atomic mass is 10.4. The Kier molecular flexibility index (Phi) is 2.36. The minimum absolute atomic E-state index is 0.131. The molecule has 0 aromatic carbocycles. The molecule has 1 aromatic heterocycles. The highest BCUT2D eigenvalue weighted by Crippen LogP contribution is 2.26. The molecule has 1 saturated heterocycles. The van der Waals surface area contributed by atoms with Gasteiger partial charge in [-0.05, 0) is 0 Å². The Balaban J connectivity index is 2.21. The van der Waals surface area contributed by atoms with Gasteiger partial charge in [0.1, 0.15) is 0 Å². The Morgan fingerprint density at radius 2 is 2.21 bits per heavy atom. The van der Waals surface area contributed by atoms with Crippen molar-refractivity contribution in [1.82, 2.24) is 4.98 Å². The van der Waals surface area contributed by atoms with Crippen LogP contribution in [0.25, 0.3) is 0 Å². The summed E-state index contributed by atoms with van der Waals surface area (Å²) in [6.07, 6.45) is 1.59. The zero-order chi connectivity index (χ0) is 9.97. The number of rotatable bonds is 2. The second kappa shape index (κ2) is 3.67. The van der Waals surface area contributed by atoms with E-state index in [1.54, 1.807) is 6.20 Å². The third-order valence-corrected chi connectivity index (χ3v) is 2.23. The van der Waals surface area contributed by atoms with E-state index in [0.717, 1.165) is 0 Å². The van der Waals surface area contributed by atoms with Gasteiger partial charge in [-0.15, -0.1) is 0 Å². The zero-order valence-corrected chi connectivity index (χ0v) is 7.60. The number of nitrogens with one attached hydrogen (secondary N) is 1. The fourth-order valence-electron chi connectivity index (χ4n) is 1.54. The van der Waals surface area contributed by atoms with Crippen LogP contribution in [0.5, 0.6) is 0 Å². The number of ether oxygens (including phenoxy) is 1. The molecule has 0 spiro atoms. The predicted molar refractivity (Wildman–Crippen MR) is 50.5 cm³/mol. The monoisotopic (exact) mass is 197 g/mol. The summed E-state index contributed by atoms with van der Waals surface area (Å²) in [7, 11) is 0. The first-order valence-corrected chi connectivity index (χ1v) is 4.43. The molecule has 0 unspecified atom stereocenters. The minimum atomic E-state index is -0.374. The Bertz CT molecular complexity index is 330. The first-order chi connectivity index (χ1) is 6.79. The lowest BCUT2D eigenvalue weighted by Crippen LogP contribution is -2.36. The summed E-state index contributed by atoms with van der Waals surface area (Å²) in [4.78, 5) is 15.1. The van der Waals surface area contributed by atoms with E-state index in [4.69, 9.17) is 4.74 Å². The molecule has 0 atom stereocenters. The Hall–Kier alpha value is -1.56. The second-order valence-electron chi connectivity index (χ2n) is 3.07. The number of anilines is 1. The van der Waals surface area contributed by atoms with E-state index in [9.17, 15) is 10.1 Å². The summed E-state index contributed by atoms with van der Waals surface area (Å²) in [5.41, 5.74) is 0.131. The number of hydrogen-bond donors (Lipinski definition) is 1. The van der Waals surface area contributed by atoms with E-state index in [0.29, 0.717) is 32.1 Å². The Labute approximate surface area is 80.6 Å². The van der Waals surface area contributed by atoms with Gasteiger partial charge in [0.05, 0.1) is 18.1 Å². The molecule has 14 heavy (non-hydrogen) atoms. The number of aromatic nitrogens is 1. The van der Waals surface area contributed by atoms with Crippen LogP contribution in [-0.2, 0) is 4.74 Å². The predicted octanol–water partition coefficient (Wildman–Crippen LogP) is 0.760. The van der Waals surface area contributed by atoms with Gasteiger partial charge in [0.25, 0.3) is 0 Å². The Morgan fingerprint density at radius 3 is 2.86 bits per heavy atom. The van der Waals surface area contributed by atoms with E-state index in [1.807, 2.05) is 4.90 Å². The molecule has 76 valence electrons. The van der Waals surface area contributed by atoms with Crippen LogP contribution in [0.15, 0.2) is 12.3 Å². The largest absolute Gasteiger partial charge is 0.378 e. The van der Waals surface area contributed by atoms with Crippen LogP contribution >= 0.6 is 0 Å². The van der Waals surface area contributed by atoms with E-state index >= 15 is 0 Å². The molecule has 2 rings (SSSR count). The van der Waals surface area contributed by atoms with Crippen molar-refractivity contribution in [1.29, 1.82) is 0 Å². The maximum absolute atomic E-state index is 10.7. The van der Waals surface area contributed by atoms with Crippen LogP contribution in [0.3, 0.4) is 0 Å². The summed E-state index contributed by atoms with van der Waals surface area (Å²) >= 11 is 0. The van der Waals surface area contributed by atoms with Crippen molar-refractivity contribution in [2.75, 3.05) is 31.2 Å². The van der Waals surface area contributed by atoms with E-state index in [2.05, 4.69) is 4.98 Å². The lowest BCUT2D eigenvalue weighted by molar-refractivity contribution is -0.384. The van der Waals surface area contributed by atoms with Gasteiger partial charge < -0.3 is 14.6 Å². The lowest BCUT2D eigenvalue weighted by Gasteiger charge is -2.26. The molecule has 1 N–H and O–H groups in total. The summed E-state index contributed by atoms with van der Waals surface area (Å²) in [5.74, 6) is 0.582. The molecule has 0 bridgehead atoms. The molecule has 6 nitrogen and oxygen atoms in total. The van der Waals surface area contributed by atoms with Gasteiger partial charge in [0.15, 0.2) is 5.82 Å². The highest BCUT2D eigenvalue weighted by Gasteiger charge is 2.21. The number of nitrogens with zero attached hydrogens (tertiary/aromatic N) is 2. The molecule has 1 aliphatic heterocycles. The molecule has 1 fully saturated rings. The third-order valence-electron chi connectivity index (χ3n) is 2.23. The highest BCUT2D eigenvalue weighted by atomic mass is 16.6. The molecule has 0 saturated carbocycles. The number of nitro groups is 1. The van der Waals surface area contributed by atoms with Gasteiger partial charge in [-0.2, -0.15) is 0 Å². The van der Waals surface area contributed by atoms with Crippen molar-refractivity contribution in [3.8, 4) is 0 Å². The van der Waals surface area contributed by atoms with Crippen molar-refractivity contribution in [3.63, 3.8) is 0 Å². The maximum atomic E-state index is 10.7. The van der Waals surface area contributed by atoms with Crippen LogP contribution in [-0.4, -0.2) is 36.2 Å². The summed E-state index contributed by atoms with van der Waals surface area (Å²) in [5, 5.41) is 10.7. The van der Waals surface area contributed by atoms with Gasteiger partial charge in [-0.3, -0.25) is 10.1 Å². The number of H-pyrrole nitrogens is 1. The normalized spacial score (nSPS) is 17.0. The van der Waals surface area contributed by atoms with Gasteiger partial charge in [-0.1, -0.05) is 0 Å². The van der Waals surface area contributed by atoms with Gasteiger partial charge in [0.2, 0.25) is 0 Å². The van der Waals surface area contributed by atoms with E-state index in [-0.39, 0.29) is 10.6 Å². The van der Waals surface area contributed by atoms with Gasteiger partial charge in [-0.25, -0.2) is 0 Å². The van der Waals surface area contributed by atoms with Crippen LogP contribution in [0.2, 0.25) is 0 Å². The first-order valence-electron chi connectivity index (χ1n) is 4.43. The first kappa shape index (κ1) is 9.01. The average molecular weight is 197 g/mol. The molecule has 1 aromatic rings. The van der Waals surface area contributed by atoms with Crippen molar-refractivity contribution in [2.45, 2.75) is 0 Å². The number of aromatic amines is 1. The van der Waals surface area contributed by atoms with Crippen LogP contribution in [0.1, 0.15) is 0 Å². The standard InChI is InChI=1S/C8H11N3O3/c12-11(13)7-1-2-9-8(7)10-3-5-14-6-4-10/h1-2,9H,3-6H2. The van der Waals surface area contributed by atoms with E-state index in [1.165, 1.54) is 6.07 Å². The fraction of sp³-hybridized carbons (Fsp3) is 0.500. The molecule has 0 radical (unpaired) electrons. The highest BCUT2D eigenvalue weighted by molar-refractivity contribution is 5.58. The average Bonchev–Trinajstić information content (AvgIpc) is 2.67. The topological polar surface area (TPSA) is 71.4 Å². The minimum Gasteiger partial charge on any atom is -0.378 e. The van der Waals surface area contributed by atoms with Crippen LogP contribution in [0.4, 0.5) is 11.5 Å². The summed E-state index contributed by atoms with van der Waals surface area (Å²) < 4.78 is 5.17. The molecular formula is C8H11N3O3. The fourth-order valence-corrected chi connectivity index (χ4v) is 1.54. The smallest absolute Gasteiger partial charge is 0.310 e. The van der Waals surface area contributed by atoms with Gasteiger partial charge in [0, 0.05) is 25.4 Å². The van der Waals surface area contributed by atoms with E-state index < -0.39 is 0 Å². The number of hydrogen-bond acceptors (Lipinski definition) is 4.